The maximum atomic E-state index is 5.88. The molecule has 0 radical (unpaired) electrons. The summed E-state index contributed by atoms with van der Waals surface area (Å²) in [5, 5.41) is 0.783. The Kier molecular flexibility index (Phi) is 3.03. The van der Waals surface area contributed by atoms with Crippen molar-refractivity contribution in [2.75, 3.05) is 0 Å². The first kappa shape index (κ1) is 11.3. The molecule has 90 valence electrons. The van der Waals surface area contributed by atoms with Crippen molar-refractivity contribution < 1.29 is 0 Å². The molecule has 0 unspecified atom stereocenters. The Hall–Kier alpha value is -1.80. The van der Waals surface area contributed by atoms with Gasteiger partial charge in [-0.25, -0.2) is 0 Å². The van der Waals surface area contributed by atoms with Crippen LogP contribution in [0, 0.1) is 0 Å². The Morgan fingerprint density at radius 3 is 2.67 bits per heavy atom. The minimum Gasteiger partial charge on any atom is -0.321 e. The van der Waals surface area contributed by atoms with Gasteiger partial charge in [-0.3, -0.25) is 4.98 Å². The van der Waals surface area contributed by atoms with Crippen LogP contribution in [0.2, 0.25) is 5.02 Å². The Balaban J connectivity index is 1.80. The SMILES string of the molecule is Clc1ccc(CCc2nccn3cccc23)cc1. The number of hydrogen-bond acceptors (Lipinski definition) is 1. The van der Waals surface area contributed by atoms with Crippen LogP contribution in [0.4, 0.5) is 0 Å². The molecule has 0 aliphatic heterocycles. The van der Waals surface area contributed by atoms with Gasteiger partial charge in [-0.2, -0.15) is 0 Å². The Labute approximate surface area is 111 Å². The largest absolute Gasteiger partial charge is 0.321 e. The van der Waals surface area contributed by atoms with Crippen molar-refractivity contribution in [1.82, 2.24) is 9.38 Å². The monoisotopic (exact) mass is 256 g/mol. The van der Waals surface area contributed by atoms with E-state index < -0.39 is 0 Å². The van der Waals surface area contributed by atoms with E-state index in [9.17, 15) is 0 Å². The molecule has 18 heavy (non-hydrogen) atoms. The van der Waals surface area contributed by atoms with Gasteiger partial charge in [-0.15, -0.1) is 0 Å². The topological polar surface area (TPSA) is 17.3 Å². The summed E-state index contributed by atoms with van der Waals surface area (Å²) in [7, 11) is 0. The number of aryl methyl sites for hydroxylation is 2. The van der Waals surface area contributed by atoms with Crippen LogP contribution in [-0.4, -0.2) is 9.38 Å². The Morgan fingerprint density at radius 1 is 1.00 bits per heavy atom. The normalized spacial score (nSPS) is 10.9. The van der Waals surface area contributed by atoms with Crippen molar-refractivity contribution in [3.63, 3.8) is 0 Å². The highest BCUT2D eigenvalue weighted by Gasteiger charge is 2.02. The van der Waals surface area contributed by atoms with E-state index in [0.717, 1.165) is 23.6 Å². The average molecular weight is 257 g/mol. The fourth-order valence-corrected chi connectivity index (χ4v) is 2.26. The van der Waals surface area contributed by atoms with E-state index >= 15 is 0 Å². The lowest BCUT2D eigenvalue weighted by atomic mass is 10.1. The van der Waals surface area contributed by atoms with Crippen LogP contribution >= 0.6 is 11.6 Å². The smallest absolute Gasteiger partial charge is 0.0666 e. The van der Waals surface area contributed by atoms with Gasteiger partial charge in [0.25, 0.3) is 0 Å². The predicted octanol–water partition coefficient (Wildman–Crippen LogP) is 3.77. The fourth-order valence-electron chi connectivity index (χ4n) is 2.14. The summed E-state index contributed by atoms with van der Waals surface area (Å²) in [5.41, 5.74) is 3.61. The minimum atomic E-state index is 0.783. The molecule has 2 aromatic heterocycles. The van der Waals surface area contributed by atoms with E-state index in [0.29, 0.717) is 0 Å². The van der Waals surface area contributed by atoms with Crippen molar-refractivity contribution in [3.05, 3.63) is 71.3 Å². The quantitative estimate of drug-likeness (QED) is 0.697. The maximum Gasteiger partial charge on any atom is 0.0666 e. The lowest BCUT2D eigenvalue weighted by Crippen LogP contribution is -1.97. The summed E-state index contributed by atoms with van der Waals surface area (Å²) in [6.45, 7) is 0. The molecule has 0 aliphatic rings. The van der Waals surface area contributed by atoms with Crippen LogP contribution in [-0.2, 0) is 12.8 Å². The fraction of sp³-hybridized carbons (Fsp3) is 0.133. The molecule has 0 N–H and O–H groups in total. The third kappa shape index (κ3) is 2.24. The van der Waals surface area contributed by atoms with E-state index in [1.165, 1.54) is 11.1 Å². The maximum absolute atomic E-state index is 5.88. The second-order valence-electron chi connectivity index (χ2n) is 4.30. The van der Waals surface area contributed by atoms with Gasteiger partial charge in [-0.05, 0) is 42.7 Å². The van der Waals surface area contributed by atoms with Crippen LogP contribution in [0.15, 0.2) is 55.0 Å². The van der Waals surface area contributed by atoms with Crippen molar-refractivity contribution in [2.45, 2.75) is 12.8 Å². The molecule has 3 heteroatoms. The number of nitrogens with zero attached hydrogens (tertiary/aromatic N) is 2. The van der Waals surface area contributed by atoms with E-state index in [1.54, 1.807) is 0 Å². The number of aromatic nitrogens is 2. The minimum absolute atomic E-state index is 0.783. The summed E-state index contributed by atoms with van der Waals surface area (Å²) in [6.07, 6.45) is 7.79. The van der Waals surface area contributed by atoms with Gasteiger partial charge in [0.2, 0.25) is 0 Å². The lowest BCUT2D eigenvalue weighted by molar-refractivity contribution is 0.907. The second-order valence-corrected chi connectivity index (χ2v) is 4.74. The van der Waals surface area contributed by atoms with Crippen LogP contribution in [0.25, 0.3) is 5.52 Å². The molecule has 0 spiro atoms. The Morgan fingerprint density at radius 2 is 1.83 bits per heavy atom. The number of benzene rings is 1. The Bertz CT molecular complexity index is 656. The molecule has 0 fully saturated rings. The molecule has 3 aromatic rings. The van der Waals surface area contributed by atoms with Gasteiger partial charge in [0, 0.05) is 23.6 Å². The van der Waals surface area contributed by atoms with Crippen LogP contribution in [0.1, 0.15) is 11.3 Å². The molecule has 0 aliphatic carbocycles. The standard InChI is InChI=1S/C15H13ClN2/c16-13-6-3-12(4-7-13)5-8-14-15-2-1-10-18(15)11-9-17-14/h1-4,6-7,9-11H,5,8H2. The average Bonchev–Trinajstić information content (AvgIpc) is 2.87. The van der Waals surface area contributed by atoms with Crippen LogP contribution in [0.5, 0.6) is 0 Å². The summed E-state index contributed by atoms with van der Waals surface area (Å²) in [6, 6.07) is 12.2. The van der Waals surface area contributed by atoms with Crippen molar-refractivity contribution >= 4 is 17.1 Å². The van der Waals surface area contributed by atoms with Gasteiger partial charge >= 0.3 is 0 Å². The van der Waals surface area contributed by atoms with E-state index in [-0.39, 0.29) is 0 Å². The molecule has 0 saturated heterocycles. The first-order valence-corrected chi connectivity index (χ1v) is 6.36. The first-order valence-electron chi connectivity index (χ1n) is 5.98. The number of hydrogen-bond donors (Lipinski definition) is 0. The van der Waals surface area contributed by atoms with Crippen LogP contribution < -0.4 is 0 Å². The first-order chi connectivity index (χ1) is 8.83. The third-order valence-corrected chi connectivity index (χ3v) is 3.35. The number of halogens is 1. The molecule has 0 amide bonds. The molecular formula is C15H13ClN2. The van der Waals surface area contributed by atoms with Gasteiger partial charge in [0.1, 0.15) is 0 Å². The molecule has 2 heterocycles. The zero-order valence-electron chi connectivity index (χ0n) is 9.88. The van der Waals surface area contributed by atoms with E-state index in [1.807, 2.05) is 36.8 Å². The summed E-state index contributed by atoms with van der Waals surface area (Å²) in [4.78, 5) is 4.46. The second kappa shape index (κ2) is 4.83. The molecule has 2 nitrogen and oxygen atoms in total. The molecule has 0 saturated carbocycles. The van der Waals surface area contributed by atoms with Gasteiger partial charge < -0.3 is 4.40 Å². The van der Waals surface area contributed by atoms with Crippen molar-refractivity contribution in [2.24, 2.45) is 0 Å². The van der Waals surface area contributed by atoms with Gasteiger partial charge in [0.05, 0.1) is 11.2 Å². The summed E-state index contributed by atoms with van der Waals surface area (Å²) >= 11 is 5.88. The number of fused-ring (bicyclic) bond motifs is 1. The van der Waals surface area contributed by atoms with E-state index in [4.69, 9.17) is 11.6 Å². The summed E-state index contributed by atoms with van der Waals surface area (Å²) in [5.74, 6) is 0. The number of rotatable bonds is 3. The highest BCUT2D eigenvalue weighted by Crippen LogP contribution is 2.14. The third-order valence-electron chi connectivity index (χ3n) is 3.10. The highest BCUT2D eigenvalue weighted by molar-refractivity contribution is 6.30. The predicted molar refractivity (Wildman–Crippen MR) is 74.1 cm³/mol. The molecule has 3 rings (SSSR count). The molecular weight excluding hydrogens is 244 g/mol. The van der Waals surface area contributed by atoms with Crippen molar-refractivity contribution in [3.8, 4) is 0 Å². The summed E-state index contributed by atoms with van der Waals surface area (Å²) < 4.78 is 2.10. The van der Waals surface area contributed by atoms with Crippen molar-refractivity contribution in [1.29, 1.82) is 0 Å². The van der Waals surface area contributed by atoms with E-state index in [2.05, 4.69) is 27.6 Å². The molecule has 0 atom stereocenters. The molecule has 1 aromatic carbocycles. The molecule has 0 bridgehead atoms. The van der Waals surface area contributed by atoms with Gasteiger partial charge in [-0.1, -0.05) is 23.7 Å². The zero-order chi connectivity index (χ0) is 12.4. The van der Waals surface area contributed by atoms with Crippen LogP contribution in [0.3, 0.4) is 0 Å². The highest BCUT2D eigenvalue weighted by atomic mass is 35.5. The lowest BCUT2D eigenvalue weighted by Gasteiger charge is -2.04. The zero-order valence-corrected chi connectivity index (χ0v) is 10.6. The van der Waals surface area contributed by atoms with Gasteiger partial charge in [0.15, 0.2) is 0 Å².